The summed E-state index contributed by atoms with van der Waals surface area (Å²) >= 11 is 1.39. The lowest BCUT2D eigenvalue weighted by molar-refractivity contribution is -0.137. The van der Waals surface area contributed by atoms with Crippen molar-refractivity contribution in [3.63, 3.8) is 0 Å². The molecular formula is C21H20N2O3S. The van der Waals surface area contributed by atoms with Gasteiger partial charge in [0.25, 0.3) is 5.91 Å². The van der Waals surface area contributed by atoms with Gasteiger partial charge in [-0.1, -0.05) is 54.1 Å². The molecule has 1 unspecified atom stereocenters. The van der Waals surface area contributed by atoms with E-state index in [9.17, 15) is 14.7 Å². The highest BCUT2D eigenvalue weighted by atomic mass is 32.1. The Balaban J connectivity index is 1.81. The number of aromatic nitrogens is 1. The first kappa shape index (κ1) is 18.8. The third-order valence-corrected chi connectivity index (χ3v) is 5.17. The minimum Gasteiger partial charge on any atom is -0.481 e. The van der Waals surface area contributed by atoms with Gasteiger partial charge in [0, 0.05) is 10.9 Å². The lowest BCUT2D eigenvalue weighted by Crippen LogP contribution is -2.30. The number of aryl methyl sites for hydroxylation is 2. The van der Waals surface area contributed by atoms with Crippen LogP contribution in [0.2, 0.25) is 0 Å². The number of carboxylic acid groups (broad SMARTS) is 1. The van der Waals surface area contributed by atoms with Crippen LogP contribution in [0.5, 0.6) is 0 Å². The van der Waals surface area contributed by atoms with Gasteiger partial charge in [-0.2, -0.15) is 0 Å². The number of aliphatic carboxylic acids is 1. The first-order chi connectivity index (χ1) is 12.9. The molecule has 2 aromatic carbocycles. The summed E-state index contributed by atoms with van der Waals surface area (Å²) in [5.74, 6) is -1.35. The number of rotatable bonds is 6. The molecule has 1 atom stereocenters. The maximum absolute atomic E-state index is 12.7. The number of nitrogens with one attached hydrogen (secondary N) is 1. The van der Waals surface area contributed by atoms with E-state index in [4.69, 9.17) is 0 Å². The molecule has 0 aliphatic rings. The zero-order chi connectivity index (χ0) is 19.4. The fraction of sp³-hybridized carbons (Fsp3) is 0.190. The normalized spacial score (nSPS) is 11.8. The topological polar surface area (TPSA) is 79.3 Å². The standard InChI is InChI=1S/C21H20N2O3S/c1-13-7-9-15(10-8-13)21-23-18(12-27-21)20(26)22-17(11-19(24)25)16-6-4-3-5-14(16)2/h3-10,12,17H,11H2,1-2H3,(H,22,26)(H,24,25). The zero-order valence-electron chi connectivity index (χ0n) is 15.1. The monoisotopic (exact) mass is 380 g/mol. The summed E-state index contributed by atoms with van der Waals surface area (Å²) in [5, 5.41) is 14.5. The Morgan fingerprint density at radius 3 is 2.48 bits per heavy atom. The van der Waals surface area contributed by atoms with Gasteiger partial charge in [0.1, 0.15) is 10.7 Å². The SMILES string of the molecule is Cc1ccc(-c2nc(C(=O)NC(CC(=O)O)c3ccccc3C)cs2)cc1. The van der Waals surface area contributed by atoms with Gasteiger partial charge in [0.05, 0.1) is 12.5 Å². The molecule has 0 bridgehead atoms. The van der Waals surface area contributed by atoms with Crippen LogP contribution in [0.1, 0.15) is 39.6 Å². The molecule has 0 radical (unpaired) electrons. The lowest BCUT2D eigenvalue weighted by atomic mass is 9.98. The van der Waals surface area contributed by atoms with Crippen LogP contribution in [0.4, 0.5) is 0 Å². The summed E-state index contributed by atoms with van der Waals surface area (Å²) in [6.07, 6.45) is -0.189. The fourth-order valence-electron chi connectivity index (χ4n) is 2.83. The highest BCUT2D eigenvalue weighted by Gasteiger charge is 2.21. The molecular weight excluding hydrogens is 360 g/mol. The number of amides is 1. The third kappa shape index (κ3) is 4.60. The van der Waals surface area contributed by atoms with E-state index in [1.807, 2.05) is 62.4 Å². The van der Waals surface area contributed by atoms with Crippen LogP contribution in [0, 0.1) is 13.8 Å². The van der Waals surface area contributed by atoms with Crippen LogP contribution < -0.4 is 5.32 Å². The van der Waals surface area contributed by atoms with E-state index in [1.165, 1.54) is 11.3 Å². The number of carbonyl (C=O) groups is 2. The average Bonchev–Trinajstić information content (AvgIpc) is 3.12. The van der Waals surface area contributed by atoms with Crippen molar-refractivity contribution in [2.45, 2.75) is 26.3 Å². The highest BCUT2D eigenvalue weighted by Crippen LogP contribution is 2.25. The number of carboxylic acids is 1. The van der Waals surface area contributed by atoms with Crippen molar-refractivity contribution in [2.75, 3.05) is 0 Å². The summed E-state index contributed by atoms with van der Waals surface area (Å²) in [6.45, 7) is 3.91. The molecule has 1 amide bonds. The third-order valence-electron chi connectivity index (χ3n) is 4.28. The summed E-state index contributed by atoms with van der Waals surface area (Å²) in [6, 6.07) is 14.8. The molecule has 0 saturated carbocycles. The number of nitrogens with zero attached hydrogens (tertiary/aromatic N) is 1. The Morgan fingerprint density at radius 2 is 1.81 bits per heavy atom. The van der Waals surface area contributed by atoms with E-state index in [-0.39, 0.29) is 12.3 Å². The van der Waals surface area contributed by atoms with Crippen molar-refractivity contribution < 1.29 is 14.7 Å². The number of thiazole rings is 1. The molecule has 0 saturated heterocycles. The average molecular weight is 380 g/mol. The molecule has 3 aromatic rings. The van der Waals surface area contributed by atoms with Crippen molar-refractivity contribution in [2.24, 2.45) is 0 Å². The Morgan fingerprint density at radius 1 is 1.11 bits per heavy atom. The minimum atomic E-state index is -0.970. The molecule has 2 N–H and O–H groups in total. The second kappa shape index (κ2) is 8.14. The molecule has 138 valence electrons. The largest absolute Gasteiger partial charge is 0.481 e. The van der Waals surface area contributed by atoms with Crippen LogP contribution >= 0.6 is 11.3 Å². The Bertz CT molecular complexity index is 964. The molecule has 27 heavy (non-hydrogen) atoms. The van der Waals surface area contributed by atoms with Crippen molar-refractivity contribution >= 4 is 23.2 Å². The van der Waals surface area contributed by atoms with Crippen LogP contribution in [-0.2, 0) is 4.79 Å². The molecule has 0 spiro atoms. The van der Waals surface area contributed by atoms with Crippen molar-refractivity contribution in [1.29, 1.82) is 0 Å². The van der Waals surface area contributed by atoms with Crippen LogP contribution in [0.15, 0.2) is 53.9 Å². The molecule has 0 fully saturated rings. The van der Waals surface area contributed by atoms with Crippen LogP contribution in [0.25, 0.3) is 10.6 Å². The minimum absolute atomic E-state index is 0.189. The van der Waals surface area contributed by atoms with Crippen molar-refractivity contribution in [1.82, 2.24) is 10.3 Å². The first-order valence-corrected chi connectivity index (χ1v) is 9.43. The van der Waals surface area contributed by atoms with E-state index in [0.717, 1.165) is 27.3 Å². The van der Waals surface area contributed by atoms with Crippen molar-refractivity contribution in [3.8, 4) is 10.6 Å². The number of hydrogen-bond acceptors (Lipinski definition) is 4. The van der Waals surface area contributed by atoms with Gasteiger partial charge in [-0.25, -0.2) is 4.98 Å². The summed E-state index contributed by atoms with van der Waals surface area (Å²) in [7, 11) is 0. The number of benzene rings is 2. The van der Waals surface area contributed by atoms with Gasteiger partial charge in [-0.05, 0) is 25.0 Å². The second-order valence-corrected chi connectivity index (χ2v) is 7.24. The van der Waals surface area contributed by atoms with E-state index >= 15 is 0 Å². The predicted molar refractivity (Wildman–Crippen MR) is 106 cm³/mol. The Kier molecular flexibility index (Phi) is 5.66. The van der Waals surface area contributed by atoms with Gasteiger partial charge in [-0.15, -0.1) is 11.3 Å². The molecule has 6 heteroatoms. The fourth-order valence-corrected chi connectivity index (χ4v) is 3.64. The molecule has 3 rings (SSSR count). The van der Waals surface area contributed by atoms with Crippen molar-refractivity contribution in [3.05, 3.63) is 76.3 Å². The van der Waals surface area contributed by atoms with Gasteiger partial charge >= 0.3 is 5.97 Å². The number of carbonyl (C=O) groups excluding carboxylic acids is 1. The maximum Gasteiger partial charge on any atom is 0.305 e. The molecule has 5 nitrogen and oxygen atoms in total. The van der Waals surface area contributed by atoms with Gasteiger partial charge in [0.15, 0.2) is 0 Å². The first-order valence-electron chi connectivity index (χ1n) is 8.55. The van der Waals surface area contributed by atoms with Crippen LogP contribution in [-0.4, -0.2) is 22.0 Å². The summed E-state index contributed by atoms with van der Waals surface area (Å²) in [4.78, 5) is 28.3. The van der Waals surface area contributed by atoms with E-state index in [0.29, 0.717) is 5.69 Å². The van der Waals surface area contributed by atoms with Gasteiger partial charge < -0.3 is 10.4 Å². The van der Waals surface area contributed by atoms with Gasteiger partial charge in [-0.3, -0.25) is 9.59 Å². The second-order valence-electron chi connectivity index (χ2n) is 6.38. The van der Waals surface area contributed by atoms with Gasteiger partial charge in [0.2, 0.25) is 0 Å². The van der Waals surface area contributed by atoms with E-state index in [2.05, 4.69) is 10.3 Å². The quantitative estimate of drug-likeness (QED) is 0.665. The predicted octanol–water partition coefficient (Wildman–Crippen LogP) is 4.37. The van der Waals surface area contributed by atoms with E-state index < -0.39 is 12.0 Å². The van der Waals surface area contributed by atoms with E-state index in [1.54, 1.807) is 5.38 Å². The molecule has 0 aliphatic carbocycles. The zero-order valence-corrected chi connectivity index (χ0v) is 15.9. The molecule has 1 heterocycles. The van der Waals surface area contributed by atoms with Crippen LogP contribution in [0.3, 0.4) is 0 Å². The molecule has 1 aromatic heterocycles. The molecule has 0 aliphatic heterocycles. The summed E-state index contributed by atoms with van der Waals surface area (Å²) in [5.41, 5.74) is 4.12. The number of hydrogen-bond donors (Lipinski definition) is 2. The Hall–Kier alpha value is -2.99. The smallest absolute Gasteiger partial charge is 0.305 e. The maximum atomic E-state index is 12.7. The summed E-state index contributed by atoms with van der Waals surface area (Å²) < 4.78 is 0. The lowest BCUT2D eigenvalue weighted by Gasteiger charge is -2.18. The Labute approximate surface area is 161 Å². The highest BCUT2D eigenvalue weighted by molar-refractivity contribution is 7.13.